The number of cyclic esters (lactones) is 1. The fourth-order valence-corrected chi connectivity index (χ4v) is 2.28. The summed E-state index contributed by atoms with van der Waals surface area (Å²) < 4.78 is 5.38. The summed E-state index contributed by atoms with van der Waals surface area (Å²) in [5.41, 5.74) is 0. The number of rotatable bonds is 2. The summed E-state index contributed by atoms with van der Waals surface area (Å²) in [6.07, 6.45) is 5.50. The Labute approximate surface area is 93.4 Å². The Morgan fingerprint density at radius 1 is 1.27 bits per heavy atom. The molecule has 0 radical (unpaired) electrons. The van der Waals surface area contributed by atoms with Crippen LogP contribution in [0.2, 0.25) is 0 Å². The summed E-state index contributed by atoms with van der Waals surface area (Å²) in [7, 11) is 0. The maximum atomic E-state index is 11.7. The van der Waals surface area contributed by atoms with E-state index in [0.29, 0.717) is 18.4 Å². The Balaban J connectivity index is 2.59. The molecule has 0 aromatic carbocycles. The Morgan fingerprint density at radius 3 is 2.60 bits per heavy atom. The summed E-state index contributed by atoms with van der Waals surface area (Å²) in [4.78, 5) is 11.7. The third-order valence-corrected chi connectivity index (χ3v) is 3.62. The predicted octanol–water partition coefficient (Wildman–Crippen LogP) is 3.40. The van der Waals surface area contributed by atoms with E-state index < -0.39 is 0 Å². The maximum absolute atomic E-state index is 11.7. The summed E-state index contributed by atoms with van der Waals surface area (Å²) in [6.45, 7) is 7.15. The first-order valence-corrected chi connectivity index (χ1v) is 6.33. The van der Waals surface area contributed by atoms with E-state index in [2.05, 4.69) is 20.8 Å². The quantitative estimate of drug-likeness (QED) is 0.656. The standard InChI is InChI=1S/C13H24O2/c1-4-11-7-6-10(3)8-12(5-2)13(14)15-9-11/h10-12H,4-9H2,1-3H3. The van der Waals surface area contributed by atoms with E-state index in [0.717, 1.165) is 19.3 Å². The maximum Gasteiger partial charge on any atom is 0.308 e. The first-order valence-electron chi connectivity index (χ1n) is 6.33. The minimum atomic E-state index is 0.0321. The minimum Gasteiger partial charge on any atom is -0.465 e. The van der Waals surface area contributed by atoms with Crippen molar-refractivity contribution in [1.82, 2.24) is 0 Å². The molecule has 0 saturated carbocycles. The number of hydrogen-bond acceptors (Lipinski definition) is 2. The third-order valence-electron chi connectivity index (χ3n) is 3.62. The first-order chi connectivity index (χ1) is 7.17. The molecule has 15 heavy (non-hydrogen) atoms. The average molecular weight is 212 g/mol. The van der Waals surface area contributed by atoms with Gasteiger partial charge in [-0.3, -0.25) is 4.79 Å². The highest BCUT2D eigenvalue weighted by Gasteiger charge is 2.24. The van der Waals surface area contributed by atoms with E-state index in [1.165, 1.54) is 12.8 Å². The van der Waals surface area contributed by atoms with Crippen LogP contribution in [0.1, 0.15) is 52.9 Å². The second-order valence-corrected chi connectivity index (χ2v) is 4.93. The van der Waals surface area contributed by atoms with Crippen LogP contribution in [-0.2, 0) is 9.53 Å². The molecule has 2 heteroatoms. The number of carbonyl (C=O) groups excluding carboxylic acids is 1. The van der Waals surface area contributed by atoms with Crippen LogP contribution in [0.15, 0.2) is 0 Å². The molecule has 1 heterocycles. The zero-order valence-corrected chi connectivity index (χ0v) is 10.3. The molecule has 0 spiro atoms. The highest BCUT2D eigenvalue weighted by molar-refractivity contribution is 5.72. The van der Waals surface area contributed by atoms with Crippen LogP contribution >= 0.6 is 0 Å². The smallest absolute Gasteiger partial charge is 0.308 e. The molecule has 1 fully saturated rings. The van der Waals surface area contributed by atoms with E-state index >= 15 is 0 Å². The van der Waals surface area contributed by atoms with Gasteiger partial charge in [-0.05, 0) is 31.1 Å². The average Bonchev–Trinajstić information content (AvgIpc) is 2.30. The van der Waals surface area contributed by atoms with Crippen LogP contribution in [-0.4, -0.2) is 12.6 Å². The lowest BCUT2D eigenvalue weighted by atomic mass is 9.89. The lowest BCUT2D eigenvalue weighted by Gasteiger charge is -2.15. The van der Waals surface area contributed by atoms with Gasteiger partial charge in [0.2, 0.25) is 0 Å². The molecular weight excluding hydrogens is 188 g/mol. The molecule has 3 unspecified atom stereocenters. The fourth-order valence-electron chi connectivity index (χ4n) is 2.28. The molecule has 1 saturated heterocycles. The van der Waals surface area contributed by atoms with E-state index in [4.69, 9.17) is 4.74 Å². The molecule has 0 aromatic heterocycles. The van der Waals surface area contributed by atoms with Crippen molar-refractivity contribution >= 4 is 5.97 Å². The molecule has 88 valence electrons. The van der Waals surface area contributed by atoms with Gasteiger partial charge in [-0.25, -0.2) is 0 Å². The molecule has 0 bridgehead atoms. The van der Waals surface area contributed by atoms with Crippen molar-refractivity contribution in [3.63, 3.8) is 0 Å². The normalized spacial score (nSPS) is 33.8. The van der Waals surface area contributed by atoms with Crippen LogP contribution in [0, 0.1) is 17.8 Å². The van der Waals surface area contributed by atoms with E-state index in [1.807, 2.05) is 0 Å². The lowest BCUT2D eigenvalue weighted by molar-refractivity contribution is -0.150. The first kappa shape index (κ1) is 12.5. The number of carbonyl (C=O) groups is 1. The van der Waals surface area contributed by atoms with Gasteiger partial charge in [-0.15, -0.1) is 0 Å². The monoisotopic (exact) mass is 212 g/mol. The summed E-state index contributed by atoms with van der Waals surface area (Å²) in [5, 5.41) is 0. The second kappa shape index (κ2) is 6.14. The van der Waals surface area contributed by atoms with Crippen molar-refractivity contribution in [1.29, 1.82) is 0 Å². The van der Waals surface area contributed by atoms with Gasteiger partial charge in [-0.2, -0.15) is 0 Å². The van der Waals surface area contributed by atoms with E-state index in [9.17, 15) is 4.79 Å². The van der Waals surface area contributed by atoms with Gasteiger partial charge in [0.1, 0.15) is 0 Å². The third kappa shape index (κ3) is 3.84. The van der Waals surface area contributed by atoms with Crippen LogP contribution in [0.3, 0.4) is 0 Å². The Kier molecular flexibility index (Phi) is 5.13. The molecule has 1 rings (SSSR count). The molecule has 2 nitrogen and oxygen atoms in total. The zero-order valence-electron chi connectivity index (χ0n) is 10.3. The van der Waals surface area contributed by atoms with Gasteiger partial charge in [0.05, 0.1) is 12.5 Å². The van der Waals surface area contributed by atoms with Gasteiger partial charge in [0, 0.05) is 0 Å². The van der Waals surface area contributed by atoms with Crippen molar-refractivity contribution in [2.24, 2.45) is 17.8 Å². The van der Waals surface area contributed by atoms with E-state index in [-0.39, 0.29) is 11.9 Å². The molecule has 0 aliphatic carbocycles. The Morgan fingerprint density at radius 2 is 2.00 bits per heavy atom. The lowest BCUT2D eigenvalue weighted by Crippen LogP contribution is -2.20. The highest BCUT2D eigenvalue weighted by atomic mass is 16.5. The summed E-state index contributed by atoms with van der Waals surface area (Å²) in [5.74, 6) is 1.40. The molecule has 0 amide bonds. The summed E-state index contributed by atoms with van der Waals surface area (Å²) in [6, 6.07) is 0. The van der Waals surface area contributed by atoms with Crippen molar-refractivity contribution in [2.45, 2.75) is 52.9 Å². The van der Waals surface area contributed by atoms with Crippen molar-refractivity contribution < 1.29 is 9.53 Å². The summed E-state index contributed by atoms with van der Waals surface area (Å²) >= 11 is 0. The van der Waals surface area contributed by atoms with Gasteiger partial charge in [0.15, 0.2) is 0 Å². The fraction of sp³-hybridized carbons (Fsp3) is 0.923. The molecule has 0 N–H and O–H groups in total. The number of esters is 1. The highest BCUT2D eigenvalue weighted by Crippen LogP contribution is 2.26. The van der Waals surface area contributed by atoms with Crippen molar-refractivity contribution in [3.8, 4) is 0 Å². The molecule has 1 aliphatic heterocycles. The molecule has 3 atom stereocenters. The topological polar surface area (TPSA) is 26.3 Å². The van der Waals surface area contributed by atoms with Crippen LogP contribution in [0.5, 0.6) is 0 Å². The molecule has 1 aliphatic rings. The minimum absolute atomic E-state index is 0.0321. The Bertz CT molecular complexity index is 201. The van der Waals surface area contributed by atoms with Gasteiger partial charge < -0.3 is 4.74 Å². The largest absolute Gasteiger partial charge is 0.465 e. The Hall–Kier alpha value is -0.530. The van der Waals surface area contributed by atoms with Crippen LogP contribution in [0.4, 0.5) is 0 Å². The van der Waals surface area contributed by atoms with Crippen LogP contribution in [0.25, 0.3) is 0 Å². The number of hydrogen-bond donors (Lipinski definition) is 0. The SMILES string of the molecule is CCC1CCC(C)CC(CC)C(=O)OC1. The zero-order chi connectivity index (χ0) is 11.3. The molecular formula is C13H24O2. The van der Waals surface area contributed by atoms with Gasteiger partial charge in [0.25, 0.3) is 0 Å². The van der Waals surface area contributed by atoms with Crippen molar-refractivity contribution in [2.75, 3.05) is 6.61 Å². The number of ether oxygens (including phenoxy) is 1. The van der Waals surface area contributed by atoms with Gasteiger partial charge in [-0.1, -0.05) is 33.6 Å². The van der Waals surface area contributed by atoms with Crippen LogP contribution < -0.4 is 0 Å². The van der Waals surface area contributed by atoms with E-state index in [1.54, 1.807) is 0 Å². The second-order valence-electron chi connectivity index (χ2n) is 4.93. The predicted molar refractivity (Wildman–Crippen MR) is 61.5 cm³/mol. The van der Waals surface area contributed by atoms with Crippen molar-refractivity contribution in [3.05, 3.63) is 0 Å². The van der Waals surface area contributed by atoms with Gasteiger partial charge >= 0.3 is 5.97 Å². The molecule has 0 aromatic rings.